The number of rotatable bonds is 0. The van der Waals surface area contributed by atoms with Gasteiger partial charge in [0.05, 0.1) is 10.9 Å². The first-order chi connectivity index (χ1) is 9.31. The monoisotopic (exact) mass is 250 g/mol. The molecule has 2 heterocycles. The molecule has 0 radical (unpaired) electrons. The predicted octanol–water partition coefficient (Wildman–Crippen LogP) is 3.86. The molecule has 0 saturated heterocycles. The van der Waals surface area contributed by atoms with Crippen LogP contribution in [0.1, 0.15) is 5.56 Å². The molecule has 19 heavy (non-hydrogen) atoms. The molecule has 2 N–H and O–H groups in total. The Balaban J connectivity index is 2.05. The summed E-state index contributed by atoms with van der Waals surface area (Å²) in [4.78, 5) is 0. The number of anilines is 1. The van der Waals surface area contributed by atoms with E-state index in [0.717, 1.165) is 33.6 Å². The minimum Gasteiger partial charge on any atom is -0.488 e. The fourth-order valence-electron chi connectivity index (χ4n) is 2.46. The summed E-state index contributed by atoms with van der Waals surface area (Å²) in [5.74, 6) is 1.67. The molecule has 92 valence electrons. The maximum atomic E-state index is 6.03. The van der Waals surface area contributed by atoms with Crippen molar-refractivity contribution >= 4 is 16.7 Å². The Labute approximate surface area is 110 Å². The summed E-state index contributed by atoms with van der Waals surface area (Å²) in [6.45, 7) is 0.528. The number of para-hydroxylation sites is 1. The van der Waals surface area contributed by atoms with Crippen molar-refractivity contribution in [2.75, 3.05) is 5.73 Å². The normalized spacial score (nSPS) is 12.6. The third-order valence-corrected chi connectivity index (χ3v) is 3.38. The van der Waals surface area contributed by atoms with E-state index in [2.05, 4.69) is 6.07 Å². The van der Waals surface area contributed by atoms with Crippen molar-refractivity contribution in [2.45, 2.75) is 6.61 Å². The summed E-state index contributed by atoms with van der Waals surface area (Å²) < 4.78 is 11.8. The molecule has 0 amide bonds. The van der Waals surface area contributed by atoms with Gasteiger partial charge in [-0.3, -0.25) is 0 Å². The minimum absolute atomic E-state index is 0.528. The number of nitrogen functional groups attached to an aromatic ring is 1. The van der Waals surface area contributed by atoms with E-state index < -0.39 is 0 Å². The van der Waals surface area contributed by atoms with Crippen molar-refractivity contribution in [1.29, 1.82) is 0 Å². The van der Waals surface area contributed by atoms with Gasteiger partial charge in [-0.15, -0.1) is 0 Å². The average Bonchev–Trinajstić information content (AvgIpc) is 2.45. The van der Waals surface area contributed by atoms with Crippen molar-refractivity contribution in [3.63, 3.8) is 0 Å². The standard InChI is InChI=1S/C16H12NO2/c17-12-5-6-15-13(8-12)16-11(9-18-15)7-10-3-1-2-4-14(10)19-16/h1-8H,9,17H2/q+1. The van der Waals surface area contributed by atoms with Crippen molar-refractivity contribution < 1.29 is 9.15 Å². The number of fused-ring (bicyclic) bond motifs is 4. The molecule has 0 unspecified atom stereocenters. The quantitative estimate of drug-likeness (QED) is 0.487. The molecular weight excluding hydrogens is 238 g/mol. The topological polar surface area (TPSA) is 46.5 Å². The SMILES string of the molecule is Nc1ccc2c(c1)-c1[o+]c3ccccc3cc1CO2. The van der Waals surface area contributed by atoms with Gasteiger partial charge in [0.2, 0.25) is 0 Å². The second kappa shape index (κ2) is 3.72. The lowest BCUT2D eigenvalue weighted by molar-refractivity contribution is 0.296. The molecule has 0 atom stereocenters. The number of nitrogens with two attached hydrogens (primary N) is 1. The zero-order chi connectivity index (χ0) is 12.8. The molecule has 1 aromatic heterocycles. The second-order valence-corrected chi connectivity index (χ2v) is 4.68. The number of benzene rings is 2. The largest absolute Gasteiger partial charge is 0.488 e. The summed E-state index contributed by atoms with van der Waals surface area (Å²) in [7, 11) is 0. The minimum atomic E-state index is 0.528. The third kappa shape index (κ3) is 1.55. The lowest BCUT2D eigenvalue weighted by Gasteiger charge is -2.14. The summed E-state index contributed by atoms with van der Waals surface area (Å²) in [5.41, 5.74) is 9.41. The molecule has 2 aromatic carbocycles. The fourth-order valence-corrected chi connectivity index (χ4v) is 2.46. The summed E-state index contributed by atoms with van der Waals surface area (Å²) in [5, 5.41) is 1.08. The first kappa shape index (κ1) is 10.4. The lowest BCUT2D eigenvalue weighted by Crippen LogP contribution is -2.05. The van der Waals surface area contributed by atoms with E-state index in [1.807, 2.05) is 42.5 Å². The average molecular weight is 250 g/mol. The van der Waals surface area contributed by atoms with Gasteiger partial charge in [-0.05, 0) is 30.3 Å². The molecule has 3 heteroatoms. The summed E-state index contributed by atoms with van der Waals surface area (Å²) in [6.07, 6.45) is 0. The molecule has 1 aliphatic heterocycles. The van der Waals surface area contributed by atoms with Crippen LogP contribution in [-0.2, 0) is 6.61 Å². The maximum Gasteiger partial charge on any atom is 0.371 e. The van der Waals surface area contributed by atoms with Gasteiger partial charge in [-0.2, -0.15) is 0 Å². The Morgan fingerprint density at radius 2 is 1.95 bits per heavy atom. The van der Waals surface area contributed by atoms with Crippen LogP contribution < -0.4 is 10.5 Å². The van der Waals surface area contributed by atoms with Crippen LogP contribution in [0.5, 0.6) is 5.75 Å². The predicted molar refractivity (Wildman–Crippen MR) is 74.8 cm³/mol. The molecule has 3 aromatic rings. The van der Waals surface area contributed by atoms with Gasteiger partial charge in [0.1, 0.15) is 17.9 Å². The van der Waals surface area contributed by atoms with Gasteiger partial charge in [0.15, 0.2) is 0 Å². The van der Waals surface area contributed by atoms with Crippen LogP contribution in [0, 0.1) is 0 Å². The molecule has 3 nitrogen and oxygen atoms in total. The van der Waals surface area contributed by atoms with Crippen molar-refractivity contribution in [3.05, 3.63) is 54.1 Å². The van der Waals surface area contributed by atoms with Crippen LogP contribution >= 0.6 is 0 Å². The highest BCUT2D eigenvalue weighted by atomic mass is 16.5. The Kier molecular flexibility index (Phi) is 2.03. The lowest BCUT2D eigenvalue weighted by atomic mass is 10.0. The van der Waals surface area contributed by atoms with Gasteiger partial charge in [-0.25, -0.2) is 4.42 Å². The Morgan fingerprint density at radius 1 is 1.05 bits per heavy atom. The molecule has 0 aliphatic carbocycles. The van der Waals surface area contributed by atoms with E-state index in [1.165, 1.54) is 0 Å². The molecule has 4 rings (SSSR count). The summed E-state index contributed by atoms with van der Waals surface area (Å²) in [6, 6.07) is 15.7. The second-order valence-electron chi connectivity index (χ2n) is 4.68. The molecule has 0 fully saturated rings. The Hall–Kier alpha value is -2.55. The van der Waals surface area contributed by atoms with Gasteiger partial charge >= 0.3 is 11.3 Å². The molecule has 0 bridgehead atoms. The molecular formula is C16H12NO2+. The van der Waals surface area contributed by atoms with Crippen LogP contribution in [0.2, 0.25) is 0 Å². The van der Waals surface area contributed by atoms with Crippen LogP contribution in [-0.4, -0.2) is 0 Å². The highest BCUT2D eigenvalue weighted by Crippen LogP contribution is 2.40. The van der Waals surface area contributed by atoms with E-state index >= 15 is 0 Å². The number of ether oxygens (including phenoxy) is 1. The Bertz CT molecular complexity index is 796. The molecule has 0 saturated carbocycles. The van der Waals surface area contributed by atoms with Crippen LogP contribution in [0.15, 0.2) is 52.9 Å². The number of hydrogen-bond donors (Lipinski definition) is 1. The highest BCUT2D eigenvalue weighted by molar-refractivity contribution is 5.83. The van der Waals surface area contributed by atoms with Gasteiger partial charge in [0, 0.05) is 11.8 Å². The van der Waals surface area contributed by atoms with Crippen LogP contribution in [0.4, 0.5) is 5.69 Å². The van der Waals surface area contributed by atoms with Crippen molar-refractivity contribution in [3.8, 4) is 17.1 Å². The maximum absolute atomic E-state index is 6.03. The molecule has 1 aliphatic rings. The van der Waals surface area contributed by atoms with Crippen LogP contribution in [0.25, 0.3) is 22.3 Å². The van der Waals surface area contributed by atoms with E-state index in [9.17, 15) is 0 Å². The van der Waals surface area contributed by atoms with Crippen molar-refractivity contribution in [1.82, 2.24) is 0 Å². The first-order valence-electron chi connectivity index (χ1n) is 6.19. The highest BCUT2D eigenvalue weighted by Gasteiger charge is 2.29. The smallest absolute Gasteiger partial charge is 0.371 e. The van der Waals surface area contributed by atoms with E-state index in [1.54, 1.807) is 0 Å². The van der Waals surface area contributed by atoms with Crippen molar-refractivity contribution in [2.24, 2.45) is 0 Å². The zero-order valence-corrected chi connectivity index (χ0v) is 10.2. The van der Waals surface area contributed by atoms with Gasteiger partial charge < -0.3 is 10.5 Å². The van der Waals surface area contributed by atoms with E-state index in [-0.39, 0.29) is 0 Å². The van der Waals surface area contributed by atoms with Crippen LogP contribution in [0.3, 0.4) is 0 Å². The third-order valence-electron chi connectivity index (χ3n) is 3.38. The van der Waals surface area contributed by atoms with E-state index in [0.29, 0.717) is 12.3 Å². The first-order valence-corrected chi connectivity index (χ1v) is 6.19. The van der Waals surface area contributed by atoms with Gasteiger partial charge in [-0.1, -0.05) is 12.1 Å². The number of hydrogen-bond acceptors (Lipinski definition) is 2. The molecule has 0 spiro atoms. The summed E-state index contributed by atoms with van der Waals surface area (Å²) >= 11 is 0. The Morgan fingerprint density at radius 3 is 2.89 bits per heavy atom. The zero-order valence-electron chi connectivity index (χ0n) is 10.2. The fraction of sp³-hybridized carbons (Fsp3) is 0.0625. The van der Waals surface area contributed by atoms with Gasteiger partial charge in [0.25, 0.3) is 0 Å². The van der Waals surface area contributed by atoms with E-state index in [4.69, 9.17) is 14.9 Å².